The van der Waals surface area contributed by atoms with Gasteiger partial charge in [0.05, 0.1) is 17.1 Å². The Kier molecular flexibility index (Phi) is 4.36. The van der Waals surface area contributed by atoms with Crippen molar-refractivity contribution in [3.05, 3.63) is 29.8 Å². The van der Waals surface area contributed by atoms with Gasteiger partial charge >= 0.3 is 6.18 Å². The Bertz CT molecular complexity index is 513. The van der Waals surface area contributed by atoms with Crippen LogP contribution in [0.15, 0.2) is 29.2 Å². The van der Waals surface area contributed by atoms with Crippen LogP contribution in [0.4, 0.5) is 13.2 Å². The number of hydrogen-bond donors (Lipinski definition) is 2. The maximum atomic E-state index is 12.4. The van der Waals surface area contributed by atoms with Crippen molar-refractivity contribution in [1.29, 1.82) is 0 Å². The van der Waals surface area contributed by atoms with E-state index in [1.54, 1.807) is 0 Å². The molecular formula is C10H12F3NO3S. The number of halogens is 3. The van der Waals surface area contributed by atoms with Gasteiger partial charge in [-0.05, 0) is 25.1 Å². The van der Waals surface area contributed by atoms with E-state index in [2.05, 4.69) is 4.72 Å². The number of nitrogens with one attached hydrogen (secondary N) is 1. The fourth-order valence-electron chi connectivity index (χ4n) is 1.21. The molecule has 0 radical (unpaired) electrons. The molecule has 0 aliphatic heterocycles. The molecule has 0 heterocycles. The number of benzene rings is 1. The van der Waals surface area contributed by atoms with E-state index in [4.69, 9.17) is 5.11 Å². The molecule has 18 heavy (non-hydrogen) atoms. The molecule has 0 bridgehead atoms. The van der Waals surface area contributed by atoms with Crippen molar-refractivity contribution in [2.24, 2.45) is 0 Å². The molecule has 0 fully saturated rings. The van der Waals surface area contributed by atoms with Gasteiger partial charge in [0.15, 0.2) is 0 Å². The maximum absolute atomic E-state index is 12.4. The van der Waals surface area contributed by atoms with Crippen molar-refractivity contribution in [3.8, 4) is 0 Å². The van der Waals surface area contributed by atoms with Crippen molar-refractivity contribution in [1.82, 2.24) is 4.72 Å². The number of hydrogen-bond acceptors (Lipinski definition) is 3. The van der Waals surface area contributed by atoms with Gasteiger partial charge in [0, 0.05) is 6.04 Å². The van der Waals surface area contributed by atoms with Crippen LogP contribution < -0.4 is 4.72 Å². The van der Waals surface area contributed by atoms with E-state index in [9.17, 15) is 21.6 Å². The van der Waals surface area contributed by atoms with Gasteiger partial charge in [0.1, 0.15) is 0 Å². The summed E-state index contributed by atoms with van der Waals surface area (Å²) in [4.78, 5) is -0.488. The van der Waals surface area contributed by atoms with E-state index in [1.807, 2.05) is 0 Å². The van der Waals surface area contributed by atoms with Crippen LogP contribution in [0.3, 0.4) is 0 Å². The third-order valence-corrected chi connectivity index (χ3v) is 3.69. The molecule has 8 heteroatoms. The molecule has 0 aliphatic rings. The molecule has 0 saturated heterocycles. The average Bonchev–Trinajstić information content (AvgIpc) is 2.27. The molecule has 102 valence electrons. The fraction of sp³-hybridized carbons (Fsp3) is 0.400. The largest absolute Gasteiger partial charge is 0.416 e. The van der Waals surface area contributed by atoms with Crippen LogP contribution >= 0.6 is 0 Å². The van der Waals surface area contributed by atoms with Crippen LogP contribution in [0.5, 0.6) is 0 Å². The van der Waals surface area contributed by atoms with Crippen LogP contribution in [0.1, 0.15) is 12.5 Å². The number of alkyl halides is 3. The van der Waals surface area contributed by atoms with E-state index in [1.165, 1.54) is 6.92 Å². The molecule has 0 spiro atoms. The highest BCUT2D eigenvalue weighted by atomic mass is 32.2. The molecule has 0 saturated carbocycles. The Labute approximate surface area is 102 Å². The number of aliphatic hydroxyl groups excluding tert-OH is 1. The van der Waals surface area contributed by atoms with Crippen LogP contribution in [-0.4, -0.2) is 26.2 Å². The van der Waals surface area contributed by atoms with Gasteiger partial charge in [-0.2, -0.15) is 13.2 Å². The lowest BCUT2D eigenvalue weighted by Gasteiger charge is -2.13. The quantitative estimate of drug-likeness (QED) is 0.877. The molecule has 1 unspecified atom stereocenters. The van der Waals surface area contributed by atoms with Crippen molar-refractivity contribution in [2.75, 3.05) is 6.61 Å². The molecule has 1 aromatic carbocycles. The van der Waals surface area contributed by atoms with Crippen LogP contribution in [0.25, 0.3) is 0 Å². The Balaban J connectivity index is 3.11. The summed E-state index contributed by atoms with van der Waals surface area (Å²) in [6, 6.07) is 2.63. The van der Waals surface area contributed by atoms with Crippen molar-refractivity contribution in [2.45, 2.75) is 24.0 Å². The first kappa shape index (κ1) is 14.9. The van der Waals surface area contributed by atoms with Gasteiger partial charge in [-0.3, -0.25) is 0 Å². The summed E-state index contributed by atoms with van der Waals surface area (Å²) in [5, 5.41) is 8.72. The normalized spacial score (nSPS) is 14.5. The highest BCUT2D eigenvalue weighted by molar-refractivity contribution is 7.89. The summed E-state index contributed by atoms with van der Waals surface area (Å²) in [6.45, 7) is 0.948. The summed E-state index contributed by atoms with van der Waals surface area (Å²) in [7, 11) is -4.06. The van der Waals surface area contributed by atoms with Crippen molar-refractivity contribution >= 4 is 10.0 Å². The second-order valence-electron chi connectivity index (χ2n) is 3.73. The molecule has 2 N–H and O–H groups in total. The van der Waals surface area contributed by atoms with Gasteiger partial charge in [-0.15, -0.1) is 0 Å². The third-order valence-electron chi connectivity index (χ3n) is 2.10. The van der Waals surface area contributed by atoms with Crippen LogP contribution in [-0.2, 0) is 16.2 Å². The summed E-state index contributed by atoms with van der Waals surface area (Å²) in [5.41, 5.74) is -1.04. The lowest BCUT2D eigenvalue weighted by atomic mass is 10.2. The molecule has 1 atom stereocenters. The van der Waals surface area contributed by atoms with E-state index in [0.717, 1.165) is 18.2 Å². The average molecular weight is 283 g/mol. The monoisotopic (exact) mass is 283 g/mol. The molecule has 4 nitrogen and oxygen atoms in total. The van der Waals surface area contributed by atoms with Gasteiger partial charge in [-0.25, -0.2) is 13.1 Å². The van der Waals surface area contributed by atoms with Crippen LogP contribution in [0, 0.1) is 0 Å². The van der Waals surface area contributed by atoms with Gasteiger partial charge in [-0.1, -0.05) is 6.07 Å². The Morgan fingerprint density at radius 2 is 2.00 bits per heavy atom. The smallest absolute Gasteiger partial charge is 0.395 e. The second-order valence-corrected chi connectivity index (χ2v) is 5.44. The molecule has 0 aromatic heterocycles. The summed E-state index contributed by atoms with van der Waals surface area (Å²) >= 11 is 0. The zero-order valence-electron chi connectivity index (χ0n) is 9.40. The van der Waals surface area contributed by atoms with E-state index >= 15 is 0 Å². The first-order chi connectivity index (χ1) is 8.16. The maximum Gasteiger partial charge on any atom is 0.416 e. The summed E-state index contributed by atoms with van der Waals surface area (Å²) in [5.74, 6) is 0. The van der Waals surface area contributed by atoms with E-state index in [0.29, 0.717) is 6.07 Å². The minimum atomic E-state index is -4.60. The molecule has 0 aliphatic carbocycles. The Hall–Kier alpha value is -1.12. The standard InChI is InChI=1S/C10H12F3NO3S/c1-7(6-15)14-18(16,17)9-4-2-3-8(5-9)10(11,12)13/h2-5,7,14-15H,6H2,1H3. The lowest BCUT2D eigenvalue weighted by Crippen LogP contribution is -2.35. The lowest BCUT2D eigenvalue weighted by molar-refractivity contribution is -0.137. The number of aliphatic hydroxyl groups is 1. The van der Waals surface area contributed by atoms with E-state index in [-0.39, 0.29) is 0 Å². The molecular weight excluding hydrogens is 271 g/mol. The zero-order valence-corrected chi connectivity index (χ0v) is 10.2. The topological polar surface area (TPSA) is 66.4 Å². The predicted octanol–water partition coefficient (Wildman–Crippen LogP) is 1.36. The first-order valence-corrected chi connectivity index (χ1v) is 6.45. The minimum Gasteiger partial charge on any atom is -0.395 e. The summed E-state index contributed by atoms with van der Waals surface area (Å²) < 4.78 is 62.7. The third kappa shape index (κ3) is 3.69. The highest BCUT2D eigenvalue weighted by Crippen LogP contribution is 2.30. The number of rotatable bonds is 4. The SMILES string of the molecule is CC(CO)NS(=O)(=O)c1cccc(C(F)(F)F)c1. The van der Waals surface area contributed by atoms with E-state index < -0.39 is 39.3 Å². The van der Waals surface area contributed by atoms with Crippen molar-refractivity contribution < 1.29 is 26.7 Å². The molecule has 1 aromatic rings. The zero-order chi connectivity index (χ0) is 14.0. The second kappa shape index (κ2) is 5.25. The highest BCUT2D eigenvalue weighted by Gasteiger charge is 2.31. The van der Waals surface area contributed by atoms with Gasteiger partial charge in [0.2, 0.25) is 10.0 Å². The number of sulfonamides is 1. The first-order valence-electron chi connectivity index (χ1n) is 4.97. The minimum absolute atomic E-state index is 0.446. The molecule has 1 rings (SSSR count). The van der Waals surface area contributed by atoms with Crippen LogP contribution in [0.2, 0.25) is 0 Å². The fourth-order valence-corrected chi connectivity index (χ4v) is 2.49. The van der Waals surface area contributed by atoms with Gasteiger partial charge < -0.3 is 5.11 Å². The Morgan fingerprint density at radius 1 is 1.39 bits per heavy atom. The Morgan fingerprint density at radius 3 is 2.50 bits per heavy atom. The molecule has 0 amide bonds. The predicted molar refractivity (Wildman–Crippen MR) is 58.3 cm³/mol. The van der Waals surface area contributed by atoms with Crippen molar-refractivity contribution in [3.63, 3.8) is 0 Å². The van der Waals surface area contributed by atoms with Gasteiger partial charge in [0.25, 0.3) is 0 Å². The summed E-state index contributed by atoms with van der Waals surface area (Å²) in [6.07, 6.45) is -4.60.